The molecule has 2 aliphatic heterocycles. The number of hydrogen-bond acceptors (Lipinski definition) is 4. The topological polar surface area (TPSA) is 60.9 Å². The minimum atomic E-state index is -0.642. The van der Waals surface area contributed by atoms with Gasteiger partial charge in [-0.1, -0.05) is 81.6 Å². The fraction of sp³-hybridized carbons (Fsp3) is 0.562. The van der Waals surface area contributed by atoms with Crippen molar-refractivity contribution in [3.8, 4) is 0 Å². The third kappa shape index (κ3) is 5.83. The molecule has 1 aliphatic carbocycles. The molecule has 37 heavy (non-hydrogen) atoms. The van der Waals surface area contributed by atoms with Crippen molar-refractivity contribution in [1.29, 1.82) is 0 Å². The second-order valence-corrected chi connectivity index (χ2v) is 11.8. The summed E-state index contributed by atoms with van der Waals surface area (Å²) >= 11 is 0. The number of aliphatic hydroxyl groups excluding tert-OH is 1. The molecular weight excluding hydrogens is 460 g/mol. The average molecular weight is 503 g/mol. The summed E-state index contributed by atoms with van der Waals surface area (Å²) in [5.41, 5.74) is 5.13. The number of amides is 1. The van der Waals surface area contributed by atoms with Crippen LogP contribution in [0.5, 0.6) is 0 Å². The fourth-order valence-corrected chi connectivity index (χ4v) is 6.78. The van der Waals surface area contributed by atoms with E-state index in [-0.39, 0.29) is 30.2 Å². The van der Waals surface area contributed by atoms with Crippen molar-refractivity contribution in [1.82, 2.24) is 9.80 Å². The predicted molar refractivity (Wildman–Crippen MR) is 146 cm³/mol. The lowest BCUT2D eigenvalue weighted by atomic mass is 9.84. The van der Waals surface area contributed by atoms with Gasteiger partial charge in [-0.15, -0.1) is 0 Å². The Morgan fingerprint density at radius 3 is 2.22 bits per heavy atom. The van der Waals surface area contributed by atoms with Crippen molar-refractivity contribution in [2.24, 2.45) is 5.92 Å². The van der Waals surface area contributed by atoms with Gasteiger partial charge in [-0.3, -0.25) is 14.5 Å². The van der Waals surface area contributed by atoms with Gasteiger partial charge in [0.1, 0.15) is 0 Å². The van der Waals surface area contributed by atoms with E-state index < -0.39 is 12.1 Å². The maximum Gasteiger partial charge on any atom is 0.240 e. The van der Waals surface area contributed by atoms with Gasteiger partial charge in [-0.05, 0) is 53.4 Å². The van der Waals surface area contributed by atoms with Crippen LogP contribution in [0.1, 0.15) is 87.0 Å². The minimum Gasteiger partial charge on any atom is -0.391 e. The number of benzene rings is 2. The smallest absolute Gasteiger partial charge is 0.240 e. The van der Waals surface area contributed by atoms with Gasteiger partial charge >= 0.3 is 0 Å². The molecule has 1 saturated carbocycles. The first-order valence-electron chi connectivity index (χ1n) is 14.3. The Labute approximate surface area is 221 Å². The molecule has 5 nitrogen and oxygen atoms in total. The quantitative estimate of drug-likeness (QED) is 0.536. The zero-order valence-electron chi connectivity index (χ0n) is 22.4. The minimum absolute atomic E-state index is 0.0189. The lowest BCUT2D eigenvalue weighted by molar-refractivity contribution is -0.144. The number of β-amino-alcohol motifs (C(OH)–C–C–N with tert-alkyl or cyclic N) is 1. The number of carbonyl (C=O) groups excluding carboxylic acids is 2. The summed E-state index contributed by atoms with van der Waals surface area (Å²) in [4.78, 5) is 31.2. The molecule has 2 aromatic carbocycles. The van der Waals surface area contributed by atoms with Crippen LogP contribution in [0.4, 0.5) is 0 Å². The molecule has 3 aliphatic rings. The van der Waals surface area contributed by atoms with Gasteiger partial charge < -0.3 is 10.0 Å². The predicted octanol–water partition coefficient (Wildman–Crippen LogP) is 5.24. The van der Waals surface area contributed by atoms with E-state index in [9.17, 15) is 14.7 Å². The first kappa shape index (κ1) is 26.1. The molecule has 0 bridgehead atoms. The number of fused-ring (bicyclic) bond motifs is 1. The summed E-state index contributed by atoms with van der Waals surface area (Å²) < 4.78 is 0. The van der Waals surface area contributed by atoms with Crippen LogP contribution in [0, 0.1) is 5.92 Å². The molecule has 2 aromatic rings. The monoisotopic (exact) mass is 502 g/mol. The molecule has 0 aromatic heterocycles. The highest BCUT2D eigenvalue weighted by Crippen LogP contribution is 2.33. The van der Waals surface area contributed by atoms with E-state index in [1.807, 2.05) is 12.1 Å². The molecule has 1 saturated heterocycles. The molecule has 2 heterocycles. The van der Waals surface area contributed by atoms with Crippen molar-refractivity contribution in [3.63, 3.8) is 0 Å². The second kappa shape index (κ2) is 11.5. The SMILES string of the molecule is CC(C)[C@@H](C(=O)N1C[C@H](O)C[C@H]1C(=O)CCc1ccc(C2CCCCC2)cc1)N1Cc2ccccc2C1. The van der Waals surface area contributed by atoms with Gasteiger partial charge in [0.25, 0.3) is 0 Å². The number of hydrogen-bond donors (Lipinski definition) is 1. The van der Waals surface area contributed by atoms with E-state index in [1.165, 1.54) is 54.4 Å². The van der Waals surface area contributed by atoms with Crippen LogP contribution in [-0.4, -0.2) is 51.3 Å². The number of Topliss-reactive ketones (excluding diaryl/α,β-unsaturated/α-hetero) is 1. The van der Waals surface area contributed by atoms with Gasteiger partial charge in [0, 0.05) is 32.5 Å². The molecule has 0 unspecified atom stereocenters. The van der Waals surface area contributed by atoms with Crippen LogP contribution in [0.15, 0.2) is 48.5 Å². The lowest BCUT2D eigenvalue weighted by Gasteiger charge is -2.35. The van der Waals surface area contributed by atoms with E-state index in [0.717, 1.165) is 13.1 Å². The third-order valence-electron chi connectivity index (χ3n) is 8.79. The molecule has 1 amide bonds. The Morgan fingerprint density at radius 1 is 0.946 bits per heavy atom. The number of aliphatic hydroxyl groups is 1. The van der Waals surface area contributed by atoms with Crippen molar-refractivity contribution in [3.05, 3.63) is 70.8 Å². The van der Waals surface area contributed by atoms with Gasteiger partial charge in [0.05, 0.1) is 18.2 Å². The number of nitrogens with zero attached hydrogens (tertiary/aromatic N) is 2. The largest absolute Gasteiger partial charge is 0.391 e. The first-order chi connectivity index (χ1) is 17.9. The van der Waals surface area contributed by atoms with E-state index in [2.05, 4.69) is 55.1 Å². The molecular formula is C32H42N2O3. The number of ketones is 1. The Balaban J connectivity index is 1.22. The van der Waals surface area contributed by atoms with Crippen LogP contribution in [0.25, 0.3) is 0 Å². The number of rotatable bonds is 8. The van der Waals surface area contributed by atoms with Crippen LogP contribution in [-0.2, 0) is 29.1 Å². The normalized spacial score (nSPS) is 23.4. The molecule has 3 atom stereocenters. The molecule has 5 rings (SSSR count). The Kier molecular flexibility index (Phi) is 8.11. The zero-order valence-corrected chi connectivity index (χ0v) is 22.4. The molecule has 198 valence electrons. The van der Waals surface area contributed by atoms with Crippen molar-refractivity contribution < 1.29 is 14.7 Å². The van der Waals surface area contributed by atoms with E-state index in [0.29, 0.717) is 25.2 Å². The van der Waals surface area contributed by atoms with Gasteiger partial charge in [0.2, 0.25) is 5.91 Å². The summed E-state index contributed by atoms with van der Waals surface area (Å²) in [6.07, 6.45) is 7.35. The summed E-state index contributed by atoms with van der Waals surface area (Å²) in [6, 6.07) is 16.3. The highest BCUT2D eigenvalue weighted by molar-refractivity contribution is 5.92. The Morgan fingerprint density at radius 2 is 1.59 bits per heavy atom. The molecule has 1 N–H and O–H groups in total. The highest BCUT2D eigenvalue weighted by Gasteiger charge is 2.43. The average Bonchev–Trinajstić information content (AvgIpc) is 3.51. The highest BCUT2D eigenvalue weighted by atomic mass is 16.3. The third-order valence-corrected chi connectivity index (χ3v) is 8.79. The first-order valence-corrected chi connectivity index (χ1v) is 14.3. The van der Waals surface area contributed by atoms with Crippen LogP contribution in [0.3, 0.4) is 0 Å². The Bertz CT molecular complexity index is 1060. The number of carbonyl (C=O) groups is 2. The van der Waals surface area contributed by atoms with Crippen molar-refractivity contribution >= 4 is 11.7 Å². The maximum absolute atomic E-state index is 13.9. The Hall–Kier alpha value is -2.50. The summed E-state index contributed by atoms with van der Waals surface area (Å²) in [7, 11) is 0. The number of aryl methyl sites for hydroxylation is 1. The van der Waals surface area contributed by atoms with Crippen molar-refractivity contribution in [2.75, 3.05) is 6.54 Å². The van der Waals surface area contributed by atoms with Crippen LogP contribution in [0.2, 0.25) is 0 Å². The molecule has 0 radical (unpaired) electrons. The van der Waals surface area contributed by atoms with Crippen LogP contribution < -0.4 is 0 Å². The van der Waals surface area contributed by atoms with Gasteiger partial charge in [0.15, 0.2) is 5.78 Å². The van der Waals surface area contributed by atoms with Crippen molar-refractivity contribution in [2.45, 2.75) is 102 Å². The summed E-state index contributed by atoms with van der Waals surface area (Å²) in [5, 5.41) is 10.5. The molecule has 0 spiro atoms. The molecule has 5 heteroatoms. The van der Waals surface area contributed by atoms with Gasteiger partial charge in [-0.2, -0.15) is 0 Å². The fourth-order valence-electron chi connectivity index (χ4n) is 6.78. The van der Waals surface area contributed by atoms with E-state index in [4.69, 9.17) is 0 Å². The van der Waals surface area contributed by atoms with Gasteiger partial charge in [-0.25, -0.2) is 0 Å². The second-order valence-electron chi connectivity index (χ2n) is 11.8. The van der Waals surface area contributed by atoms with Crippen LogP contribution >= 0.6 is 0 Å². The maximum atomic E-state index is 13.9. The number of likely N-dealkylation sites (tertiary alicyclic amines) is 1. The molecule has 2 fully saturated rings. The lowest BCUT2D eigenvalue weighted by Crippen LogP contribution is -2.52. The zero-order chi connectivity index (χ0) is 25.9. The summed E-state index contributed by atoms with van der Waals surface area (Å²) in [6.45, 7) is 5.89. The summed E-state index contributed by atoms with van der Waals surface area (Å²) in [5.74, 6) is 0.835. The van der Waals surface area contributed by atoms with E-state index in [1.54, 1.807) is 4.90 Å². The van der Waals surface area contributed by atoms with E-state index >= 15 is 0 Å². The standard InChI is InChI=1S/C32H42N2O3/c1-22(2)31(33-19-26-10-6-7-11-27(26)20-33)32(37)34-21-28(35)18-29(34)30(36)17-14-23-12-15-25(16-13-23)24-8-4-3-5-9-24/h6-7,10-13,15-16,22,24,28-29,31,35H,3-5,8-9,14,17-21H2,1-2H3/t28-,29+,31+/m1/s1.